The average Bonchev–Trinajstić information content (AvgIpc) is 2.87. The fraction of sp³-hybridized carbons (Fsp3) is 0.154. The summed E-state index contributed by atoms with van der Waals surface area (Å²) in [5.74, 6) is 0. The van der Waals surface area contributed by atoms with Crippen LogP contribution in [0.5, 0.6) is 0 Å². The molecule has 3 nitrogen and oxygen atoms in total. The molecule has 0 amide bonds. The minimum atomic E-state index is -0.512. The predicted molar refractivity (Wildman–Crippen MR) is 69.1 cm³/mol. The predicted octanol–water partition coefficient (Wildman–Crippen LogP) is 3.12. The summed E-state index contributed by atoms with van der Waals surface area (Å²) >= 11 is 1.63. The molecule has 17 heavy (non-hydrogen) atoms. The van der Waals surface area contributed by atoms with Crippen LogP contribution in [0.4, 0.5) is 0 Å². The largest absolute Gasteiger partial charge is 0.387 e. The lowest BCUT2D eigenvalue weighted by Crippen LogP contribution is -1.89. The number of hydrogen-bond acceptors (Lipinski definition) is 3. The topological polar surface area (TPSA) is 37.5 Å². The van der Waals surface area contributed by atoms with Gasteiger partial charge in [0.2, 0.25) is 0 Å². The first kappa shape index (κ1) is 10.5. The lowest BCUT2D eigenvalue weighted by Gasteiger charge is -1.96. The van der Waals surface area contributed by atoms with Crippen LogP contribution in [0.2, 0.25) is 0 Å². The fourth-order valence-corrected chi connectivity index (χ4v) is 2.73. The molecule has 1 atom stereocenters. The first-order valence-corrected chi connectivity index (χ1v) is 6.27. The van der Waals surface area contributed by atoms with E-state index in [4.69, 9.17) is 0 Å². The Morgan fingerprint density at radius 2 is 2.00 bits per heavy atom. The van der Waals surface area contributed by atoms with Crippen LogP contribution in [0.25, 0.3) is 15.4 Å². The molecule has 2 aromatic heterocycles. The molecule has 3 aromatic rings. The Hall–Kier alpha value is -1.65. The normalized spacial score (nSPS) is 13.1. The summed E-state index contributed by atoms with van der Waals surface area (Å²) in [6.07, 6.45) is 3.42. The third-order valence-corrected chi connectivity index (χ3v) is 3.71. The van der Waals surface area contributed by atoms with Gasteiger partial charge in [0.1, 0.15) is 0 Å². The Kier molecular flexibility index (Phi) is 2.46. The Morgan fingerprint density at radius 3 is 2.65 bits per heavy atom. The molecule has 1 aromatic carbocycles. The van der Waals surface area contributed by atoms with Crippen LogP contribution in [-0.2, 0) is 0 Å². The van der Waals surface area contributed by atoms with E-state index < -0.39 is 6.10 Å². The van der Waals surface area contributed by atoms with Crippen LogP contribution >= 0.6 is 11.3 Å². The van der Waals surface area contributed by atoms with E-state index in [1.165, 1.54) is 10.4 Å². The highest BCUT2D eigenvalue weighted by molar-refractivity contribution is 7.20. The number of benzene rings is 1. The van der Waals surface area contributed by atoms with Gasteiger partial charge in [-0.05, 0) is 12.5 Å². The van der Waals surface area contributed by atoms with Crippen molar-refractivity contribution >= 4 is 16.3 Å². The molecular weight excluding hydrogens is 232 g/mol. The maximum atomic E-state index is 9.46. The van der Waals surface area contributed by atoms with Gasteiger partial charge >= 0.3 is 0 Å². The third-order valence-electron chi connectivity index (χ3n) is 2.66. The first-order valence-electron chi connectivity index (χ1n) is 5.46. The minimum Gasteiger partial charge on any atom is -0.387 e. The summed E-state index contributed by atoms with van der Waals surface area (Å²) < 4.78 is 1.97. The standard InChI is InChI=1S/C13H12N2OS/c1-9(16)11-7-15-8-12(17-13(15)14-11)10-5-3-2-4-6-10/h2-9,16H,1H3. The maximum Gasteiger partial charge on any atom is 0.194 e. The van der Waals surface area contributed by atoms with Crippen LogP contribution in [0.15, 0.2) is 42.7 Å². The highest BCUT2D eigenvalue weighted by Crippen LogP contribution is 2.29. The molecule has 0 aliphatic heterocycles. The van der Waals surface area contributed by atoms with Crippen LogP contribution in [0.1, 0.15) is 18.7 Å². The molecule has 0 saturated carbocycles. The number of aliphatic hydroxyl groups is 1. The highest BCUT2D eigenvalue weighted by Gasteiger charge is 2.10. The first-order chi connectivity index (χ1) is 8.24. The number of fused-ring (bicyclic) bond motifs is 1. The van der Waals surface area contributed by atoms with Crippen molar-refractivity contribution < 1.29 is 5.11 Å². The zero-order valence-corrected chi connectivity index (χ0v) is 10.2. The molecule has 0 saturated heterocycles. The average molecular weight is 244 g/mol. The Morgan fingerprint density at radius 1 is 1.24 bits per heavy atom. The molecule has 1 unspecified atom stereocenters. The second-order valence-electron chi connectivity index (χ2n) is 3.99. The van der Waals surface area contributed by atoms with Gasteiger partial charge in [-0.3, -0.25) is 4.40 Å². The minimum absolute atomic E-state index is 0.512. The maximum absolute atomic E-state index is 9.46. The van der Waals surface area contributed by atoms with Crippen molar-refractivity contribution in [3.05, 3.63) is 48.4 Å². The molecule has 0 aliphatic rings. The third kappa shape index (κ3) is 1.85. The van der Waals surface area contributed by atoms with Gasteiger partial charge in [-0.25, -0.2) is 4.98 Å². The number of nitrogens with zero attached hydrogens (tertiary/aromatic N) is 2. The molecule has 0 radical (unpaired) electrons. The van der Waals surface area contributed by atoms with Gasteiger partial charge in [0.25, 0.3) is 0 Å². The molecule has 0 aliphatic carbocycles. The van der Waals surface area contributed by atoms with Crippen LogP contribution in [0, 0.1) is 0 Å². The molecule has 0 bridgehead atoms. The van der Waals surface area contributed by atoms with Gasteiger partial charge in [0, 0.05) is 12.4 Å². The summed E-state index contributed by atoms with van der Waals surface area (Å²) in [5.41, 5.74) is 1.91. The Balaban J connectivity index is 2.07. The lowest BCUT2D eigenvalue weighted by atomic mass is 10.2. The number of imidazole rings is 1. The van der Waals surface area contributed by atoms with E-state index in [9.17, 15) is 5.11 Å². The quantitative estimate of drug-likeness (QED) is 0.752. The summed E-state index contributed by atoms with van der Waals surface area (Å²) in [6, 6.07) is 10.2. The number of aromatic nitrogens is 2. The van der Waals surface area contributed by atoms with Crippen LogP contribution in [0.3, 0.4) is 0 Å². The Labute approximate surface area is 103 Å². The summed E-state index contributed by atoms with van der Waals surface area (Å²) in [6.45, 7) is 1.73. The van der Waals surface area contributed by atoms with Gasteiger partial charge in [-0.1, -0.05) is 41.7 Å². The van der Waals surface area contributed by atoms with Crippen molar-refractivity contribution in [2.45, 2.75) is 13.0 Å². The van der Waals surface area contributed by atoms with E-state index in [0.29, 0.717) is 0 Å². The monoisotopic (exact) mass is 244 g/mol. The zero-order valence-electron chi connectivity index (χ0n) is 9.37. The smallest absolute Gasteiger partial charge is 0.194 e. The van der Waals surface area contributed by atoms with Crippen molar-refractivity contribution in [2.24, 2.45) is 0 Å². The van der Waals surface area contributed by atoms with Crippen LogP contribution in [-0.4, -0.2) is 14.5 Å². The van der Waals surface area contributed by atoms with Gasteiger partial charge < -0.3 is 5.11 Å². The second-order valence-corrected chi connectivity index (χ2v) is 5.00. The van der Waals surface area contributed by atoms with Gasteiger partial charge in [-0.15, -0.1) is 0 Å². The molecule has 4 heteroatoms. The molecule has 1 N–H and O–H groups in total. The van der Waals surface area contributed by atoms with E-state index >= 15 is 0 Å². The SMILES string of the molecule is CC(O)c1cn2cc(-c3ccccc3)sc2n1. The van der Waals surface area contributed by atoms with Crippen molar-refractivity contribution in [1.29, 1.82) is 0 Å². The zero-order chi connectivity index (χ0) is 11.8. The summed E-state index contributed by atoms with van der Waals surface area (Å²) in [7, 11) is 0. The van der Waals surface area contributed by atoms with E-state index in [2.05, 4.69) is 17.1 Å². The molecule has 0 spiro atoms. The number of hydrogen-bond donors (Lipinski definition) is 1. The second kappa shape index (κ2) is 3.98. The fourth-order valence-electron chi connectivity index (χ4n) is 1.75. The van der Waals surface area contributed by atoms with E-state index in [0.717, 1.165) is 10.7 Å². The molecule has 0 fully saturated rings. The Bertz CT molecular complexity index is 608. The van der Waals surface area contributed by atoms with Crippen LogP contribution < -0.4 is 0 Å². The molecular formula is C13H12N2OS. The van der Waals surface area contributed by atoms with Crippen molar-refractivity contribution in [3.63, 3.8) is 0 Å². The number of aliphatic hydroxyl groups excluding tert-OH is 1. The van der Waals surface area contributed by atoms with Crippen molar-refractivity contribution in [3.8, 4) is 10.4 Å². The van der Waals surface area contributed by atoms with Gasteiger partial charge in [-0.2, -0.15) is 0 Å². The molecule has 3 rings (SSSR count). The van der Waals surface area contributed by atoms with Gasteiger partial charge in [0.05, 0.1) is 16.7 Å². The highest BCUT2D eigenvalue weighted by atomic mass is 32.1. The van der Waals surface area contributed by atoms with Crippen molar-refractivity contribution in [1.82, 2.24) is 9.38 Å². The summed E-state index contributed by atoms with van der Waals surface area (Å²) in [5, 5.41) is 9.46. The number of thiazole rings is 1. The molecule has 2 heterocycles. The number of rotatable bonds is 2. The van der Waals surface area contributed by atoms with Crippen molar-refractivity contribution in [2.75, 3.05) is 0 Å². The lowest BCUT2D eigenvalue weighted by molar-refractivity contribution is 0.195. The van der Waals surface area contributed by atoms with E-state index in [-0.39, 0.29) is 0 Å². The van der Waals surface area contributed by atoms with E-state index in [1.807, 2.05) is 35.0 Å². The van der Waals surface area contributed by atoms with Gasteiger partial charge in [0.15, 0.2) is 4.96 Å². The van der Waals surface area contributed by atoms with E-state index in [1.54, 1.807) is 18.3 Å². The molecule has 86 valence electrons. The summed E-state index contributed by atoms with van der Waals surface area (Å²) in [4.78, 5) is 6.49.